The number of nitrogens with zero attached hydrogens (tertiary/aromatic N) is 1. The van der Waals surface area contributed by atoms with Crippen molar-refractivity contribution in [3.63, 3.8) is 0 Å². The highest BCUT2D eigenvalue weighted by atomic mass is 79.9. The highest BCUT2D eigenvalue weighted by molar-refractivity contribution is 9.10. The molecule has 19 heavy (non-hydrogen) atoms. The molecule has 1 aromatic carbocycles. The Morgan fingerprint density at radius 2 is 2.05 bits per heavy atom. The van der Waals surface area contributed by atoms with E-state index in [1.165, 1.54) is 0 Å². The number of halogens is 1. The van der Waals surface area contributed by atoms with Crippen LogP contribution in [0.3, 0.4) is 0 Å². The van der Waals surface area contributed by atoms with Gasteiger partial charge in [-0.3, -0.25) is 4.98 Å². The van der Waals surface area contributed by atoms with Crippen LogP contribution in [-0.4, -0.2) is 4.98 Å². The smallest absolute Gasteiger partial charge is 0.134 e. The maximum Gasteiger partial charge on any atom is 0.134 e. The van der Waals surface area contributed by atoms with Crippen molar-refractivity contribution in [2.24, 2.45) is 5.73 Å². The van der Waals surface area contributed by atoms with Crippen molar-refractivity contribution in [3.05, 3.63) is 64.6 Å². The highest BCUT2D eigenvalue weighted by Gasteiger charge is 2.14. The SMILES string of the molecule is NC(Cc1ccc(Br)cn1)c1coc2ccccc12. The number of fused-ring (bicyclic) bond motifs is 1. The summed E-state index contributed by atoms with van der Waals surface area (Å²) in [5, 5.41) is 1.08. The number of hydrogen-bond donors (Lipinski definition) is 1. The second-order valence-corrected chi connectivity index (χ2v) is 5.38. The van der Waals surface area contributed by atoms with Gasteiger partial charge in [0.05, 0.1) is 6.26 Å². The molecule has 0 aliphatic rings. The highest BCUT2D eigenvalue weighted by Crippen LogP contribution is 2.26. The predicted octanol–water partition coefficient (Wildman–Crippen LogP) is 3.83. The molecule has 1 unspecified atom stereocenters. The summed E-state index contributed by atoms with van der Waals surface area (Å²) >= 11 is 3.37. The van der Waals surface area contributed by atoms with Crippen LogP contribution in [-0.2, 0) is 6.42 Å². The Morgan fingerprint density at radius 3 is 2.84 bits per heavy atom. The van der Waals surface area contributed by atoms with Crippen LogP contribution >= 0.6 is 15.9 Å². The number of para-hydroxylation sites is 1. The van der Waals surface area contributed by atoms with Gasteiger partial charge in [-0.25, -0.2) is 0 Å². The van der Waals surface area contributed by atoms with Crippen molar-refractivity contribution in [1.29, 1.82) is 0 Å². The molecule has 1 atom stereocenters. The second kappa shape index (κ2) is 5.15. The normalized spacial score (nSPS) is 12.7. The van der Waals surface area contributed by atoms with E-state index in [1.54, 1.807) is 12.5 Å². The molecule has 3 aromatic rings. The van der Waals surface area contributed by atoms with Crippen molar-refractivity contribution in [3.8, 4) is 0 Å². The molecule has 0 bridgehead atoms. The summed E-state index contributed by atoms with van der Waals surface area (Å²) in [6.07, 6.45) is 4.22. The lowest BCUT2D eigenvalue weighted by molar-refractivity contribution is 0.598. The number of aromatic nitrogens is 1. The summed E-state index contributed by atoms with van der Waals surface area (Å²) < 4.78 is 6.49. The minimum absolute atomic E-state index is 0.114. The zero-order valence-corrected chi connectivity index (χ0v) is 11.8. The summed E-state index contributed by atoms with van der Waals surface area (Å²) in [7, 11) is 0. The molecule has 0 radical (unpaired) electrons. The zero-order chi connectivity index (χ0) is 13.2. The summed E-state index contributed by atoms with van der Waals surface area (Å²) in [6, 6.07) is 11.8. The third-order valence-electron chi connectivity index (χ3n) is 3.13. The van der Waals surface area contributed by atoms with Gasteiger partial charge in [0.2, 0.25) is 0 Å². The van der Waals surface area contributed by atoms with Crippen LogP contribution in [0.4, 0.5) is 0 Å². The molecule has 0 saturated heterocycles. The molecule has 2 aromatic heterocycles. The summed E-state index contributed by atoms with van der Waals surface area (Å²) in [4.78, 5) is 4.35. The van der Waals surface area contributed by atoms with Crippen LogP contribution in [0.25, 0.3) is 11.0 Å². The Hall–Kier alpha value is -1.65. The number of furan rings is 1. The van der Waals surface area contributed by atoms with E-state index in [4.69, 9.17) is 10.2 Å². The van der Waals surface area contributed by atoms with Crippen LogP contribution in [0.1, 0.15) is 17.3 Å². The van der Waals surface area contributed by atoms with E-state index in [2.05, 4.69) is 20.9 Å². The van der Waals surface area contributed by atoms with Gasteiger partial charge in [-0.05, 0) is 34.1 Å². The number of nitrogens with two attached hydrogens (primary N) is 1. The van der Waals surface area contributed by atoms with Crippen LogP contribution in [0.15, 0.2) is 57.7 Å². The molecule has 0 amide bonds. The molecule has 2 N–H and O–H groups in total. The average Bonchev–Trinajstić information content (AvgIpc) is 2.85. The Bertz CT molecular complexity index is 691. The van der Waals surface area contributed by atoms with Gasteiger partial charge in [0.15, 0.2) is 0 Å². The second-order valence-electron chi connectivity index (χ2n) is 4.47. The van der Waals surface area contributed by atoms with Crippen LogP contribution < -0.4 is 5.73 Å². The molecule has 0 aliphatic heterocycles. The van der Waals surface area contributed by atoms with Crippen LogP contribution in [0, 0.1) is 0 Å². The topological polar surface area (TPSA) is 52.0 Å². The van der Waals surface area contributed by atoms with E-state index < -0.39 is 0 Å². The molecule has 96 valence electrons. The van der Waals surface area contributed by atoms with Gasteiger partial charge in [-0.1, -0.05) is 18.2 Å². The molecule has 3 nitrogen and oxygen atoms in total. The lowest BCUT2D eigenvalue weighted by Gasteiger charge is -2.09. The molecule has 4 heteroatoms. The van der Waals surface area contributed by atoms with E-state index in [-0.39, 0.29) is 6.04 Å². The Kier molecular flexibility index (Phi) is 3.36. The number of hydrogen-bond acceptors (Lipinski definition) is 3. The van der Waals surface area contributed by atoms with E-state index in [9.17, 15) is 0 Å². The van der Waals surface area contributed by atoms with Gasteiger partial charge >= 0.3 is 0 Å². The zero-order valence-electron chi connectivity index (χ0n) is 10.2. The Balaban J connectivity index is 1.87. The minimum Gasteiger partial charge on any atom is -0.464 e. The Morgan fingerprint density at radius 1 is 1.21 bits per heavy atom. The van der Waals surface area contributed by atoms with Gasteiger partial charge < -0.3 is 10.2 Å². The molecular weight excluding hydrogens is 304 g/mol. The van der Waals surface area contributed by atoms with E-state index in [0.717, 1.165) is 26.7 Å². The van der Waals surface area contributed by atoms with Gasteiger partial charge in [0, 0.05) is 39.8 Å². The molecule has 0 saturated carbocycles. The van der Waals surface area contributed by atoms with Crippen molar-refractivity contribution < 1.29 is 4.42 Å². The quantitative estimate of drug-likeness (QED) is 0.798. The third kappa shape index (κ3) is 2.55. The summed E-state index contributed by atoms with van der Waals surface area (Å²) in [5.41, 5.74) is 9.14. The first-order valence-corrected chi connectivity index (χ1v) is 6.85. The van der Waals surface area contributed by atoms with E-state index >= 15 is 0 Å². The maximum atomic E-state index is 6.26. The molecule has 2 heterocycles. The summed E-state index contributed by atoms with van der Waals surface area (Å²) in [5.74, 6) is 0. The fraction of sp³-hybridized carbons (Fsp3) is 0.133. The maximum absolute atomic E-state index is 6.26. The van der Waals surface area contributed by atoms with Crippen LogP contribution in [0.2, 0.25) is 0 Å². The summed E-state index contributed by atoms with van der Waals surface area (Å²) in [6.45, 7) is 0. The standard InChI is InChI=1S/C15H13BrN2O/c16-10-5-6-11(18-8-10)7-14(17)13-9-19-15-4-2-1-3-12(13)15/h1-6,8-9,14H,7,17H2. The molecule has 0 spiro atoms. The van der Waals surface area contributed by atoms with Crippen molar-refractivity contribution in [2.45, 2.75) is 12.5 Å². The molecule has 0 fully saturated rings. The first-order chi connectivity index (χ1) is 9.24. The molecular formula is C15H13BrN2O. The fourth-order valence-electron chi connectivity index (χ4n) is 2.15. The first-order valence-electron chi connectivity index (χ1n) is 6.06. The van der Waals surface area contributed by atoms with Crippen LogP contribution in [0.5, 0.6) is 0 Å². The third-order valence-corrected chi connectivity index (χ3v) is 3.60. The lowest BCUT2D eigenvalue weighted by atomic mass is 10.0. The number of pyridine rings is 1. The minimum atomic E-state index is -0.114. The average molecular weight is 317 g/mol. The van der Waals surface area contributed by atoms with E-state index in [1.807, 2.05) is 36.4 Å². The molecule has 0 aliphatic carbocycles. The predicted molar refractivity (Wildman–Crippen MR) is 78.8 cm³/mol. The van der Waals surface area contributed by atoms with E-state index in [0.29, 0.717) is 6.42 Å². The van der Waals surface area contributed by atoms with Crippen molar-refractivity contribution in [2.75, 3.05) is 0 Å². The largest absolute Gasteiger partial charge is 0.464 e. The van der Waals surface area contributed by atoms with Gasteiger partial charge in [0.1, 0.15) is 5.58 Å². The number of rotatable bonds is 3. The number of benzene rings is 1. The van der Waals surface area contributed by atoms with Crippen molar-refractivity contribution >= 4 is 26.9 Å². The monoisotopic (exact) mass is 316 g/mol. The first kappa shape index (κ1) is 12.4. The fourth-order valence-corrected chi connectivity index (χ4v) is 2.38. The van der Waals surface area contributed by atoms with Crippen molar-refractivity contribution in [1.82, 2.24) is 4.98 Å². The van der Waals surface area contributed by atoms with Gasteiger partial charge in [0.25, 0.3) is 0 Å². The Labute approximate surface area is 119 Å². The van der Waals surface area contributed by atoms with Gasteiger partial charge in [-0.2, -0.15) is 0 Å². The lowest BCUT2D eigenvalue weighted by Crippen LogP contribution is -2.13. The van der Waals surface area contributed by atoms with Gasteiger partial charge in [-0.15, -0.1) is 0 Å². The molecule has 3 rings (SSSR count).